The standard InChI is InChI=1S/C19H19N2/c1-14(2)11-15-7-6-10-17(12-15)18-13-20-19(21-18)16-8-4-3-5-9-16/h3-10,12-14H,1,11H2,2H3,(H,20,21). The molecule has 2 heteroatoms. The number of rotatable bonds is 4. The van der Waals surface area contributed by atoms with Crippen LogP contribution >= 0.6 is 0 Å². The van der Waals surface area contributed by atoms with Crippen LogP contribution in [-0.4, -0.2) is 9.97 Å². The van der Waals surface area contributed by atoms with E-state index in [0.717, 1.165) is 23.5 Å². The van der Waals surface area contributed by atoms with Crippen molar-refractivity contribution in [2.24, 2.45) is 5.92 Å². The summed E-state index contributed by atoms with van der Waals surface area (Å²) in [5.41, 5.74) is 4.63. The zero-order valence-corrected chi connectivity index (χ0v) is 12.2. The molecule has 0 aliphatic rings. The van der Waals surface area contributed by atoms with Gasteiger partial charge in [0.1, 0.15) is 5.82 Å². The van der Waals surface area contributed by atoms with Gasteiger partial charge in [0, 0.05) is 5.56 Å². The summed E-state index contributed by atoms with van der Waals surface area (Å²) in [4.78, 5) is 7.89. The molecule has 1 heterocycles. The normalized spacial score (nSPS) is 11.0. The van der Waals surface area contributed by atoms with Gasteiger partial charge in [-0.3, -0.25) is 0 Å². The molecule has 0 aliphatic carbocycles. The highest BCUT2D eigenvalue weighted by Crippen LogP contribution is 2.23. The summed E-state index contributed by atoms with van der Waals surface area (Å²) in [7, 11) is 0. The average molecular weight is 275 g/mol. The summed E-state index contributed by atoms with van der Waals surface area (Å²) in [5, 5.41) is 0. The van der Waals surface area contributed by atoms with Gasteiger partial charge < -0.3 is 4.98 Å². The number of aromatic amines is 1. The molecule has 2 nitrogen and oxygen atoms in total. The van der Waals surface area contributed by atoms with E-state index in [9.17, 15) is 0 Å². The monoisotopic (exact) mass is 275 g/mol. The molecule has 1 radical (unpaired) electrons. The number of hydrogen-bond donors (Lipinski definition) is 1. The largest absolute Gasteiger partial charge is 0.338 e. The molecule has 3 aromatic rings. The molecule has 3 rings (SSSR count). The lowest BCUT2D eigenvalue weighted by Crippen LogP contribution is -1.94. The van der Waals surface area contributed by atoms with Gasteiger partial charge >= 0.3 is 0 Å². The van der Waals surface area contributed by atoms with Crippen molar-refractivity contribution >= 4 is 0 Å². The number of aromatic nitrogens is 2. The first kappa shape index (κ1) is 13.6. The van der Waals surface area contributed by atoms with Crippen molar-refractivity contribution in [3.8, 4) is 22.6 Å². The van der Waals surface area contributed by atoms with E-state index in [-0.39, 0.29) is 0 Å². The first-order valence-electron chi connectivity index (χ1n) is 7.25. The number of hydrogen-bond acceptors (Lipinski definition) is 1. The van der Waals surface area contributed by atoms with Gasteiger partial charge in [0.2, 0.25) is 0 Å². The molecule has 2 aromatic carbocycles. The maximum absolute atomic E-state index is 4.49. The van der Waals surface area contributed by atoms with Crippen LogP contribution in [0.2, 0.25) is 0 Å². The molecule has 0 saturated heterocycles. The Morgan fingerprint density at radius 1 is 1.05 bits per heavy atom. The predicted molar refractivity (Wildman–Crippen MR) is 87.7 cm³/mol. The zero-order chi connectivity index (χ0) is 14.7. The Hall–Kier alpha value is -2.35. The van der Waals surface area contributed by atoms with Gasteiger partial charge in [-0.1, -0.05) is 62.4 Å². The van der Waals surface area contributed by atoms with Gasteiger partial charge in [0.25, 0.3) is 0 Å². The van der Waals surface area contributed by atoms with Crippen molar-refractivity contribution in [3.63, 3.8) is 0 Å². The minimum atomic E-state index is 0.418. The molecule has 1 unspecified atom stereocenters. The Balaban J connectivity index is 1.90. The van der Waals surface area contributed by atoms with Crippen molar-refractivity contribution in [2.45, 2.75) is 13.3 Å². The third kappa shape index (κ3) is 3.22. The second-order valence-corrected chi connectivity index (χ2v) is 5.52. The molecule has 1 atom stereocenters. The van der Waals surface area contributed by atoms with Crippen LogP contribution in [0.4, 0.5) is 0 Å². The maximum Gasteiger partial charge on any atom is 0.137 e. The van der Waals surface area contributed by atoms with E-state index >= 15 is 0 Å². The zero-order valence-electron chi connectivity index (χ0n) is 12.2. The number of H-pyrrole nitrogens is 1. The average Bonchev–Trinajstić information content (AvgIpc) is 2.98. The second kappa shape index (κ2) is 5.96. The number of imidazole rings is 1. The predicted octanol–water partition coefficient (Wildman–Crippen LogP) is 4.76. The highest BCUT2D eigenvalue weighted by Gasteiger charge is 2.06. The quantitative estimate of drug-likeness (QED) is 0.731. The summed E-state index contributed by atoms with van der Waals surface area (Å²) in [5.74, 6) is 1.32. The molecular weight excluding hydrogens is 256 g/mol. The van der Waals surface area contributed by atoms with Crippen molar-refractivity contribution in [2.75, 3.05) is 0 Å². The molecule has 0 spiro atoms. The fraction of sp³-hybridized carbons (Fsp3) is 0.158. The van der Waals surface area contributed by atoms with Gasteiger partial charge in [-0.25, -0.2) is 4.98 Å². The Kier molecular flexibility index (Phi) is 3.87. The Bertz CT molecular complexity index is 711. The SMILES string of the molecule is [CH2]C(C)Cc1cccc(-c2cnc(-c3ccccc3)[nH]2)c1. The molecule has 0 fully saturated rings. The van der Waals surface area contributed by atoms with Gasteiger partial charge in [0.05, 0.1) is 11.9 Å². The lowest BCUT2D eigenvalue weighted by molar-refractivity contribution is 0.719. The highest BCUT2D eigenvalue weighted by atomic mass is 14.9. The molecular formula is C19H19N2. The Morgan fingerprint density at radius 3 is 2.57 bits per heavy atom. The topological polar surface area (TPSA) is 28.7 Å². The fourth-order valence-electron chi connectivity index (χ4n) is 2.48. The van der Waals surface area contributed by atoms with Gasteiger partial charge in [-0.05, 0) is 29.5 Å². The van der Waals surface area contributed by atoms with E-state index < -0.39 is 0 Å². The first-order chi connectivity index (χ1) is 10.2. The summed E-state index contributed by atoms with van der Waals surface area (Å²) >= 11 is 0. The molecule has 0 amide bonds. The van der Waals surface area contributed by atoms with Crippen LogP contribution in [0.15, 0.2) is 60.8 Å². The molecule has 105 valence electrons. The van der Waals surface area contributed by atoms with Crippen LogP contribution in [0, 0.1) is 12.8 Å². The van der Waals surface area contributed by atoms with Gasteiger partial charge in [0.15, 0.2) is 0 Å². The van der Waals surface area contributed by atoms with Crippen LogP contribution in [-0.2, 0) is 6.42 Å². The fourth-order valence-corrected chi connectivity index (χ4v) is 2.48. The molecule has 1 N–H and O–H groups in total. The highest BCUT2D eigenvalue weighted by molar-refractivity contribution is 5.64. The molecule has 0 saturated carbocycles. The third-order valence-corrected chi connectivity index (χ3v) is 3.45. The Labute approximate surface area is 125 Å². The van der Waals surface area contributed by atoms with Crippen LogP contribution < -0.4 is 0 Å². The van der Waals surface area contributed by atoms with Crippen molar-refractivity contribution < 1.29 is 0 Å². The summed E-state index contributed by atoms with van der Waals surface area (Å²) in [6.07, 6.45) is 2.89. The number of benzene rings is 2. The summed E-state index contributed by atoms with van der Waals surface area (Å²) in [6, 6.07) is 18.7. The maximum atomic E-state index is 4.49. The van der Waals surface area contributed by atoms with Gasteiger partial charge in [-0.2, -0.15) is 0 Å². The van der Waals surface area contributed by atoms with E-state index in [1.807, 2.05) is 24.4 Å². The van der Waals surface area contributed by atoms with E-state index in [1.165, 1.54) is 11.1 Å². The summed E-state index contributed by atoms with van der Waals surface area (Å²) in [6.45, 7) is 6.20. The third-order valence-electron chi connectivity index (χ3n) is 3.45. The van der Waals surface area contributed by atoms with E-state index in [2.05, 4.69) is 60.2 Å². The first-order valence-corrected chi connectivity index (χ1v) is 7.25. The molecule has 1 aromatic heterocycles. The minimum Gasteiger partial charge on any atom is -0.338 e. The van der Waals surface area contributed by atoms with E-state index in [0.29, 0.717) is 5.92 Å². The van der Waals surface area contributed by atoms with Crippen molar-refractivity contribution in [1.29, 1.82) is 0 Å². The lowest BCUT2D eigenvalue weighted by Gasteiger charge is -2.06. The Morgan fingerprint density at radius 2 is 1.81 bits per heavy atom. The van der Waals surface area contributed by atoms with Crippen LogP contribution in [0.5, 0.6) is 0 Å². The molecule has 0 aliphatic heterocycles. The van der Waals surface area contributed by atoms with E-state index in [4.69, 9.17) is 0 Å². The second-order valence-electron chi connectivity index (χ2n) is 5.52. The van der Waals surface area contributed by atoms with Crippen molar-refractivity contribution in [1.82, 2.24) is 9.97 Å². The minimum absolute atomic E-state index is 0.418. The molecule has 0 bridgehead atoms. The van der Waals surface area contributed by atoms with E-state index in [1.54, 1.807) is 0 Å². The lowest BCUT2D eigenvalue weighted by atomic mass is 10.0. The van der Waals surface area contributed by atoms with Crippen LogP contribution in [0.25, 0.3) is 22.6 Å². The number of nitrogens with one attached hydrogen (secondary N) is 1. The van der Waals surface area contributed by atoms with Crippen LogP contribution in [0.1, 0.15) is 12.5 Å². The van der Waals surface area contributed by atoms with Crippen molar-refractivity contribution in [3.05, 3.63) is 73.3 Å². The summed E-state index contributed by atoms with van der Waals surface area (Å²) < 4.78 is 0. The van der Waals surface area contributed by atoms with Crippen LogP contribution in [0.3, 0.4) is 0 Å². The smallest absolute Gasteiger partial charge is 0.137 e. The number of nitrogens with zero attached hydrogens (tertiary/aromatic N) is 1. The van der Waals surface area contributed by atoms with Gasteiger partial charge in [-0.15, -0.1) is 0 Å². The molecule has 21 heavy (non-hydrogen) atoms.